The van der Waals surface area contributed by atoms with Crippen molar-refractivity contribution in [3.05, 3.63) is 71.1 Å². The fourth-order valence-electron chi connectivity index (χ4n) is 4.40. The molecular formula is C26H25ClN2OS. The number of hydrogen-bond donors (Lipinski definition) is 1. The van der Waals surface area contributed by atoms with E-state index in [9.17, 15) is 4.79 Å². The summed E-state index contributed by atoms with van der Waals surface area (Å²) >= 11 is 1.86. The van der Waals surface area contributed by atoms with Crippen molar-refractivity contribution in [3.8, 4) is 22.4 Å². The average Bonchev–Trinajstić information content (AvgIpc) is 3.10. The van der Waals surface area contributed by atoms with E-state index >= 15 is 0 Å². The standard InChI is InChI=1S/C26H24N2OS.ClH/c1-16-11-12-21-24(13-16)30-26-25(21)22(18-7-4-3-5-8-18)15-23(28-26)19-9-6-10-20(14-19)27-17(2)29;/h3-10,14-16H,11-13H2,1-2H3,(H,27,29);1H. The van der Waals surface area contributed by atoms with Crippen LogP contribution in [0.2, 0.25) is 0 Å². The molecule has 5 heteroatoms. The van der Waals surface area contributed by atoms with Crippen LogP contribution in [-0.4, -0.2) is 10.9 Å². The Morgan fingerprint density at radius 3 is 2.61 bits per heavy atom. The molecule has 1 amide bonds. The number of anilines is 1. The molecule has 31 heavy (non-hydrogen) atoms. The Balaban J connectivity index is 0.00000231. The van der Waals surface area contributed by atoms with Crippen LogP contribution in [0.25, 0.3) is 32.6 Å². The van der Waals surface area contributed by atoms with Gasteiger partial charge in [0.15, 0.2) is 0 Å². The summed E-state index contributed by atoms with van der Waals surface area (Å²) in [5.74, 6) is 0.667. The molecule has 2 aromatic carbocycles. The van der Waals surface area contributed by atoms with Gasteiger partial charge in [-0.2, -0.15) is 0 Å². The van der Waals surface area contributed by atoms with Crippen molar-refractivity contribution in [1.82, 2.24) is 4.98 Å². The normalized spacial score (nSPS) is 15.2. The van der Waals surface area contributed by atoms with Crippen molar-refractivity contribution < 1.29 is 4.79 Å². The first-order chi connectivity index (χ1) is 14.6. The molecule has 0 aliphatic heterocycles. The van der Waals surface area contributed by atoms with E-state index in [1.165, 1.54) is 40.3 Å². The molecule has 4 aromatic rings. The van der Waals surface area contributed by atoms with Crippen LogP contribution in [-0.2, 0) is 17.6 Å². The van der Waals surface area contributed by atoms with Gasteiger partial charge in [0, 0.05) is 28.4 Å². The summed E-state index contributed by atoms with van der Waals surface area (Å²) in [6, 6.07) is 20.8. The number of nitrogens with zero attached hydrogens (tertiary/aromatic N) is 1. The molecule has 2 aromatic heterocycles. The first-order valence-corrected chi connectivity index (χ1v) is 11.3. The number of aromatic nitrogens is 1. The Morgan fingerprint density at radius 2 is 1.84 bits per heavy atom. The highest BCUT2D eigenvalue weighted by Gasteiger charge is 2.23. The van der Waals surface area contributed by atoms with Crippen LogP contribution >= 0.6 is 23.7 Å². The van der Waals surface area contributed by atoms with Gasteiger partial charge < -0.3 is 5.32 Å². The maximum absolute atomic E-state index is 11.5. The molecule has 0 saturated heterocycles. The number of carbonyl (C=O) groups excluding carboxylic acids is 1. The number of benzene rings is 2. The molecule has 5 rings (SSSR count). The SMILES string of the molecule is CC(=O)Nc1cccc(-c2cc(-c3ccccc3)c3c4c(sc3n2)CC(C)CC4)c1.Cl. The van der Waals surface area contributed by atoms with Crippen LogP contribution in [0.5, 0.6) is 0 Å². The van der Waals surface area contributed by atoms with Crippen molar-refractivity contribution in [2.75, 3.05) is 5.32 Å². The Kier molecular flexibility index (Phi) is 6.12. The van der Waals surface area contributed by atoms with E-state index in [0.29, 0.717) is 0 Å². The van der Waals surface area contributed by atoms with Crippen LogP contribution in [0.4, 0.5) is 5.69 Å². The summed E-state index contributed by atoms with van der Waals surface area (Å²) in [5, 5.41) is 4.21. The maximum Gasteiger partial charge on any atom is 0.221 e. The molecule has 2 heterocycles. The summed E-state index contributed by atoms with van der Waals surface area (Å²) < 4.78 is 0. The van der Waals surface area contributed by atoms with Gasteiger partial charge >= 0.3 is 0 Å². The number of halogens is 1. The van der Waals surface area contributed by atoms with Crippen LogP contribution in [0.1, 0.15) is 30.7 Å². The summed E-state index contributed by atoms with van der Waals surface area (Å²) in [7, 11) is 0. The van der Waals surface area contributed by atoms with Crippen LogP contribution in [0, 0.1) is 5.92 Å². The lowest BCUT2D eigenvalue weighted by Crippen LogP contribution is -2.08. The molecule has 0 spiro atoms. The van der Waals surface area contributed by atoms with Crippen LogP contribution in [0.15, 0.2) is 60.7 Å². The van der Waals surface area contributed by atoms with Gasteiger partial charge in [-0.1, -0.05) is 49.4 Å². The maximum atomic E-state index is 11.5. The van der Waals surface area contributed by atoms with E-state index in [4.69, 9.17) is 4.98 Å². The van der Waals surface area contributed by atoms with Crippen molar-refractivity contribution in [2.45, 2.75) is 33.1 Å². The largest absolute Gasteiger partial charge is 0.326 e. The number of rotatable bonds is 3. The molecule has 1 N–H and O–H groups in total. The molecule has 1 aliphatic carbocycles. The monoisotopic (exact) mass is 448 g/mol. The summed E-state index contributed by atoms with van der Waals surface area (Å²) in [5.41, 5.74) is 6.73. The van der Waals surface area contributed by atoms with Gasteiger partial charge in [0.2, 0.25) is 5.91 Å². The lowest BCUT2D eigenvalue weighted by molar-refractivity contribution is -0.114. The van der Waals surface area contributed by atoms with Gasteiger partial charge in [-0.3, -0.25) is 4.79 Å². The summed E-state index contributed by atoms with van der Waals surface area (Å²) in [4.78, 5) is 19.2. The minimum Gasteiger partial charge on any atom is -0.326 e. The van der Waals surface area contributed by atoms with Crippen molar-refractivity contribution in [2.24, 2.45) is 5.92 Å². The van der Waals surface area contributed by atoms with Gasteiger partial charge in [0.05, 0.1) is 5.69 Å². The van der Waals surface area contributed by atoms with Crippen LogP contribution in [0.3, 0.4) is 0 Å². The number of thiophene rings is 1. The number of carbonyl (C=O) groups is 1. The molecule has 158 valence electrons. The molecule has 0 radical (unpaired) electrons. The zero-order chi connectivity index (χ0) is 20.7. The highest BCUT2D eigenvalue weighted by Crippen LogP contribution is 2.43. The predicted octanol–water partition coefficient (Wildman–Crippen LogP) is 7.14. The Hall–Kier alpha value is -2.69. The molecule has 0 fully saturated rings. The minimum absolute atomic E-state index is 0. The smallest absolute Gasteiger partial charge is 0.221 e. The molecule has 3 nitrogen and oxygen atoms in total. The second-order valence-corrected chi connectivity index (χ2v) is 9.30. The van der Waals surface area contributed by atoms with E-state index in [1.54, 1.807) is 0 Å². The Bertz CT molecular complexity index is 1250. The quantitative estimate of drug-likeness (QED) is 0.362. The molecule has 0 bridgehead atoms. The Labute approximate surface area is 193 Å². The van der Waals surface area contributed by atoms with Gasteiger partial charge in [-0.05, 0) is 60.1 Å². The third-order valence-electron chi connectivity index (χ3n) is 5.83. The van der Waals surface area contributed by atoms with Crippen LogP contribution < -0.4 is 5.32 Å². The highest BCUT2D eigenvalue weighted by atomic mass is 35.5. The van der Waals surface area contributed by atoms with E-state index in [2.05, 4.69) is 54.7 Å². The molecular weight excluding hydrogens is 424 g/mol. The molecule has 0 saturated carbocycles. The van der Waals surface area contributed by atoms with E-state index in [-0.39, 0.29) is 18.3 Å². The first-order valence-electron chi connectivity index (χ1n) is 10.5. The number of nitrogens with one attached hydrogen (secondary N) is 1. The second-order valence-electron chi connectivity index (χ2n) is 8.21. The van der Waals surface area contributed by atoms with E-state index in [1.807, 2.05) is 29.5 Å². The number of aryl methyl sites for hydroxylation is 1. The Morgan fingerprint density at radius 1 is 1.06 bits per heavy atom. The third kappa shape index (κ3) is 4.23. The number of hydrogen-bond acceptors (Lipinski definition) is 3. The fourth-order valence-corrected chi connectivity index (χ4v) is 5.80. The van der Waals surface area contributed by atoms with Gasteiger partial charge in [-0.25, -0.2) is 4.98 Å². The molecule has 1 aliphatic rings. The molecule has 1 atom stereocenters. The topological polar surface area (TPSA) is 42.0 Å². The lowest BCUT2D eigenvalue weighted by atomic mass is 9.87. The zero-order valence-corrected chi connectivity index (χ0v) is 19.3. The summed E-state index contributed by atoms with van der Waals surface area (Å²) in [6.07, 6.45) is 3.53. The van der Waals surface area contributed by atoms with Crippen molar-refractivity contribution in [1.29, 1.82) is 0 Å². The van der Waals surface area contributed by atoms with Gasteiger partial charge in [-0.15, -0.1) is 23.7 Å². The predicted molar refractivity (Wildman–Crippen MR) is 133 cm³/mol. The van der Waals surface area contributed by atoms with E-state index < -0.39 is 0 Å². The lowest BCUT2D eigenvalue weighted by Gasteiger charge is -2.18. The number of fused-ring (bicyclic) bond motifs is 3. The van der Waals surface area contributed by atoms with Gasteiger partial charge in [0.25, 0.3) is 0 Å². The van der Waals surface area contributed by atoms with Gasteiger partial charge in [0.1, 0.15) is 4.83 Å². The highest BCUT2D eigenvalue weighted by molar-refractivity contribution is 7.19. The van der Waals surface area contributed by atoms with Crippen molar-refractivity contribution in [3.63, 3.8) is 0 Å². The van der Waals surface area contributed by atoms with Crippen molar-refractivity contribution >= 4 is 45.6 Å². The molecule has 1 unspecified atom stereocenters. The number of amides is 1. The minimum atomic E-state index is -0.0689. The second kappa shape index (κ2) is 8.81. The third-order valence-corrected chi connectivity index (χ3v) is 6.98. The first kappa shape index (κ1) is 21.5. The fraction of sp³-hybridized carbons (Fsp3) is 0.231. The zero-order valence-electron chi connectivity index (χ0n) is 17.6. The average molecular weight is 449 g/mol. The summed E-state index contributed by atoms with van der Waals surface area (Å²) in [6.45, 7) is 3.87. The van der Waals surface area contributed by atoms with E-state index in [0.717, 1.165) is 40.5 Å². The number of pyridine rings is 1.